The second-order valence-electron chi connectivity index (χ2n) is 4.95. The van der Waals surface area contributed by atoms with Gasteiger partial charge in [0.25, 0.3) is 0 Å². The van der Waals surface area contributed by atoms with E-state index in [1.165, 1.54) is 32.1 Å². The Morgan fingerprint density at radius 2 is 2.18 bits per heavy atom. The minimum absolute atomic E-state index is 0.145. The van der Waals surface area contributed by atoms with Crippen LogP contribution in [0.4, 0.5) is 5.69 Å². The number of nitrogens with zero attached hydrogens (tertiary/aromatic N) is 1. The van der Waals surface area contributed by atoms with Crippen LogP contribution in [0.1, 0.15) is 44.1 Å². The molecule has 17 heavy (non-hydrogen) atoms. The van der Waals surface area contributed by atoms with Gasteiger partial charge in [0.1, 0.15) is 0 Å². The molecule has 0 aromatic carbocycles. The van der Waals surface area contributed by atoms with Crippen LogP contribution in [0.3, 0.4) is 0 Å². The number of aromatic nitrogens is 1. The average molecular weight is 232 g/mol. The maximum absolute atomic E-state index is 11.9. The lowest BCUT2D eigenvalue weighted by molar-refractivity contribution is -0.117. The summed E-state index contributed by atoms with van der Waals surface area (Å²) in [5.41, 5.74) is 1.91. The van der Waals surface area contributed by atoms with E-state index in [0.29, 0.717) is 12.3 Å². The van der Waals surface area contributed by atoms with Gasteiger partial charge in [0.05, 0.1) is 0 Å². The number of aryl methyl sites for hydroxylation is 1. The molecule has 1 N–H and O–H groups in total. The average Bonchev–Trinajstić information content (AvgIpc) is 2.33. The number of nitrogens with one attached hydrogen (secondary N) is 1. The molecule has 0 radical (unpaired) electrons. The maximum atomic E-state index is 11.9. The molecule has 0 bridgehead atoms. The Bertz CT molecular complexity index is 384. The number of carbonyl (C=O) groups excluding carboxylic acids is 1. The third-order valence-electron chi connectivity index (χ3n) is 3.49. The van der Waals surface area contributed by atoms with Crippen LogP contribution in [0, 0.1) is 12.8 Å². The molecule has 1 fully saturated rings. The molecule has 1 saturated carbocycles. The normalized spacial score (nSPS) is 16.8. The van der Waals surface area contributed by atoms with Crippen molar-refractivity contribution in [3.63, 3.8) is 0 Å². The van der Waals surface area contributed by atoms with Gasteiger partial charge in [-0.05, 0) is 37.3 Å². The van der Waals surface area contributed by atoms with Crippen LogP contribution in [0.15, 0.2) is 18.5 Å². The minimum Gasteiger partial charge on any atom is -0.326 e. The number of carbonyl (C=O) groups is 1. The number of hydrogen-bond acceptors (Lipinski definition) is 2. The summed E-state index contributed by atoms with van der Waals surface area (Å²) in [4.78, 5) is 15.9. The molecule has 1 aromatic heterocycles. The van der Waals surface area contributed by atoms with Crippen molar-refractivity contribution in [1.29, 1.82) is 0 Å². The molecule has 3 nitrogen and oxygen atoms in total. The molecule has 0 unspecified atom stereocenters. The molecule has 1 aliphatic rings. The number of anilines is 1. The molecule has 1 amide bonds. The summed E-state index contributed by atoms with van der Waals surface area (Å²) in [5.74, 6) is 0.733. The molecular weight excluding hydrogens is 212 g/mol. The first-order chi connectivity index (χ1) is 8.25. The van der Waals surface area contributed by atoms with Crippen molar-refractivity contribution in [1.82, 2.24) is 4.98 Å². The molecule has 3 heteroatoms. The predicted octanol–water partition coefficient (Wildman–Crippen LogP) is 3.30. The molecule has 1 heterocycles. The third-order valence-corrected chi connectivity index (χ3v) is 3.49. The van der Waals surface area contributed by atoms with E-state index >= 15 is 0 Å². The Kier molecular flexibility index (Phi) is 4.13. The van der Waals surface area contributed by atoms with Gasteiger partial charge in [-0.3, -0.25) is 9.78 Å². The lowest BCUT2D eigenvalue weighted by Crippen LogP contribution is -2.18. The van der Waals surface area contributed by atoms with Crippen molar-refractivity contribution in [2.24, 2.45) is 5.92 Å². The second-order valence-corrected chi connectivity index (χ2v) is 4.95. The predicted molar refractivity (Wildman–Crippen MR) is 68.8 cm³/mol. The fourth-order valence-electron chi connectivity index (χ4n) is 2.47. The highest BCUT2D eigenvalue weighted by Crippen LogP contribution is 2.26. The van der Waals surface area contributed by atoms with Crippen molar-refractivity contribution in [3.05, 3.63) is 24.0 Å². The van der Waals surface area contributed by atoms with Crippen LogP contribution in [-0.4, -0.2) is 10.9 Å². The van der Waals surface area contributed by atoms with Crippen molar-refractivity contribution in [3.8, 4) is 0 Å². The SMILES string of the molecule is Cc1cnccc1NC(=O)CC1CCCCC1. The van der Waals surface area contributed by atoms with Gasteiger partial charge >= 0.3 is 0 Å². The zero-order chi connectivity index (χ0) is 12.1. The summed E-state index contributed by atoms with van der Waals surface area (Å²) in [6, 6.07) is 1.86. The van der Waals surface area contributed by atoms with Gasteiger partial charge in [0, 0.05) is 24.5 Å². The Labute approximate surface area is 103 Å². The summed E-state index contributed by atoms with van der Waals surface area (Å²) in [6.45, 7) is 1.96. The van der Waals surface area contributed by atoms with Gasteiger partial charge in [-0.15, -0.1) is 0 Å². The Morgan fingerprint density at radius 1 is 1.41 bits per heavy atom. The zero-order valence-electron chi connectivity index (χ0n) is 10.4. The monoisotopic (exact) mass is 232 g/mol. The van der Waals surface area contributed by atoms with Crippen LogP contribution in [-0.2, 0) is 4.79 Å². The van der Waals surface area contributed by atoms with Crippen LogP contribution in [0.2, 0.25) is 0 Å². The highest BCUT2D eigenvalue weighted by molar-refractivity contribution is 5.91. The van der Waals surface area contributed by atoms with E-state index < -0.39 is 0 Å². The Balaban J connectivity index is 1.86. The van der Waals surface area contributed by atoms with Crippen LogP contribution in [0.5, 0.6) is 0 Å². The number of pyridine rings is 1. The first-order valence-corrected chi connectivity index (χ1v) is 6.46. The van der Waals surface area contributed by atoms with E-state index in [9.17, 15) is 4.79 Å². The summed E-state index contributed by atoms with van der Waals surface area (Å²) < 4.78 is 0. The van der Waals surface area contributed by atoms with E-state index in [4.69, 9.17) is 0 Å². The van der Waals surface area contributed by atoms with Crippen molar-refractivity contribution in [2.75, 3.05) is 5.32 Å². The summed E-state index contributed by atoms with van der Waals surface area (Å²) in [7, 11) is 0. The van der Waals surface area contributed by atoms with E-state index in [2.05, 4.69) is 10.3 Å². The molecule has 1 aromatic rings. The van der Waals surface area contributed by atoms with Gasteiger partial charge in [-0.25, -0.2) is 0 Å². The Morgan fingerprint density at radius 3 is 2.88 bits per heavy atom. The fraction of sp³-hybridized carbons (Fsp3) is 0.571. The lowest BCUT2D eigenvalue weighted by atomic mass is 9.87. The molecule has 0 aliphatic heterocycles. The van der Waals surface area contributed by atoms with Crippen molar-refractivity contribution in [2.45, 2.75) is 45.4 Å². The van der Waals surface area contributed by atoms with E-state index in [1.54, 1.807) is 12.4 Å². The largest absolute Gasteiger partial charge is 0.326 e. The molecule has 1 aliphatic carbocycles. The molecular formula is C14H20N2O. The van der Waals surface area contributed by atoms with Gasteiger partial charge < -0.3 is 5.32 Å². The quantitative estimate of drug-likeness (QED) is 0.868. The first-order valence-electron chi connectivity index (χ1n) is 6.46. The van der Waals surface area contributed by atoms with Gasteiger partial charge in [0.2, 0.25) is 5.91 Å². The standard InChI is InChI=1S/C14H20N2O/c1-11-10-15-8-7-13(11)16-14(17)9-12-5-3-2-4-6-12/h7-8,10,12H,2-6,9H2,1H3,(H,15,16,17). The van der Waals surface area contributed by atoms with E-state index in [0.717, 1.165) is 11.3 Å². The Hall–Kier alpha value is -1.38. The number of amides is 1. The van der Waals surface area contributed by atoms with E-state index in [-0.39, 0.29) is 5.91 Å². The number of rotatable bonds is 3. The van der Waals surface area contributed by atoms with E-state index in [1.807, 2.05) is 13.0 Å². The maximum Gasteiger partial charge on any atom is 0.224 e. The third kappa shape index (κ3) is 3.55. The molecule has 0 atom stereocenters. The van der Waals surface area contributed by atoms with Gasteiger partial charge in [0.15, 0.2) is 0 Å². The summed E-state index contributed by atoms with van der Waals surface area (Å²) in [5, 5.41) is 2.98. The second kappa shape index (κ2) is 5.80. The highest BCUT2D eigenvalue weighted by atomic mass is 16.1. The van der Waals surface area contributed by atoms with Crippen LogP contribution in [0.25, 0.3) is 0 Å². The van der Waals surface area contributed by atoms with Gasteiger partial charge in [-0.1, -0.05) is 19.3 Å². The lowest BCUT2D eigenvalue weighted by Gasteiger charge is -2.21. The first kappa shape index (κ1) is 12.1. The summed E-state index contributed by atoms with van der Waals surface area (Å²) >= 11 is 0. The smallest absolute Gasteiger partial charge is 0.224 e. The number of hydrogen-bond donors (Lipinski definition) is 1. The zero-order valence-corrected chi connectivity index (χ0v) is 10.4. The fourth-order valence-corrected chi connectivity index (χ4v) is 2.47. The molecule has 0 spiro atoms. The van der Waals surface area contributed by atoms with Crippen molar-refractivity contribution < 1.29 is 4.79 Å². The van der Waals surface area contributed by atoms with Crippen LogP contribution >= 0.6 is 0 Å². The van der Waals surface area contributed by atoms with Crippen molar-refractivity contribution >= 4 is 11.6 Å². The molecule has 92 valence electrons. The van der Waals surface area contributed by atoms with Gasteiger partial charge in [-0.2, -0.15) is 0 Å². The highest BCUT2D eigenvalue weighted by Gasteiger charge is 2.17. The summed E-state index contributed by atoms with van der Waals surface area (Å²) in [6.07, 6.45) is 10.5. The molecule has 0 saturated heterocycles. The topological polar surface area (TPSA) is 42.0 Å². The van der Waals surface area contributed by atoms with Crippen LogP contribution < -0.4 is 5.32 Å². The molecule has 2 rings (SSSR count). The minimum atomic E-state index is 0.145.